The highest BCUT2D eigenvalue weighted by molar-refractivity contribution is 5.48. The van der Waals surface area contributed by atoms with E-state index in [0.29, 0.717) is 0 Å². The maximum Gasteiger partial charge on any atom is 0.118 e. The molecule has 27 heavy (non-hydrogen) atoms. The molecule has 0 radical (unpaired) electrons. The van der Waals surface area contributed by atoms with E-state index < -0.39 is 0 Å². The highest BCUT2D eigenvalue weighted by Gasteiger charge is 2.04. The summed E-state index contributed by atoms with van der Waals surface area (Å²) < 4.78 is 10.5. The summed E-state index contributed by atoms with van der Waals surface area (Å²) in [5, 5.41) is 0. The number of methoxy groups -OCH3 is 2. The highest BCUT2D eigenvalue weighted by Crippen LogP contribution is 2.17. The fourth-order valence-corrected chi connectivity index (χ4v) is 2.85. The van der Waals surface area contributed by atoms with Crippen LogP contribution in [0.2, 0.25) is 0 Å². The summed E-state index contributed by atoms with van der Waals surface area (Å²) in [6.07, 6.45) is 4.30. The van der Waals surface area contributed by atoms with Gasteiger partial charge in [-0.2, -0.15) is 0 Å². The summed E-state index contributed by atoms with van der Waals surface area (Å²) in [4.78, 5) is 2.30. The summed E-state index contributed by atoms with van der Waals surface area (Å²) in [5.41, 5.74) is 3.66. The van der Waals surface area contributed by atoms with Gasteiger partial charge in [-0.25, -0.2) is 0 Å². The van der Waals surface area contributed by atoms with Gasteiger partial charge in [-0.15, -0.1) is 0 Å². The van der Waals surface area contributed by atoms with Gasteiger partial charge in [0.15, 0.2) is 0 Å². The van der Waals surface area contributed by atoms with Crippen molar-refractivity contribution in [3.63, 3.8) is 0 Å². The Morgan fingerprint density at radius 2 is 1.15 bits per heavy atom. The molecule has 0 bridgehead atoms. The molecule has 3 rings (SSSR count). The van der Waals surface area contributed by atoms with Crippen molar-refractivity contribution in [3.8, 4) is 11.5 Å². The van der Waals surface area contributed by atoms with Crippen molar-refractivity contribution >= 4 is 6.08 Å². The minimum Gasteiger partial charge on any atom is -0.497 e. The lowest BCUT2D eigenvalue weighted by molar-refractivity contribution is 0.363. The zero-order valence-corrected chi connectivity index (χ0v) is 15.8. The second-order valence-electron chi connectivity index (χ2n) is 6.33. The van der Waals surface area contributed by atoms with Crippen molar-refractivity contribution in [1.29, 1.82) is 0 Å². The lowest BCUT2D eigenvalue weighted by Gasteiger charge is -2.21. The summed E-state index contributed by atoms with van der Waals surface area (Å²) in [7, 11) is 3.38. The molecule has 0 saturated carbocycles. The van der Waals surface area contributed by atoms with Crippen LogP contribution >= 0.6 is 0 Å². The number of benzene rings is 3. The molecule has 0 amide bonds. The van der Waals surface area contributed by atoms with Crippen molar-refractivity contribution in [3.05, 3.63) is 102 Å². The van der Waals surface area contributed by atoms with E-state index in [1.165, 1.54) is 16.7 Å². The van der Waals surface area contributed by atoms with E-state index in [9.17, 15) is 0 Å². The zero-order valence-electron chi connectivity index (χ0n) is 15.8. The number of nitrogens with zero attached hydrogens (tertiary/aromatic N) is 1. The van der Waals surface area contributed by atoms with Crippen LogP contribution in [-0.4, -0.2) is 19.1 Å². The smallest absolute Gasteiger partial charge is 0.118 e. The van der Waals surface area contributed by atoms with Crippen molar-refractivity contribution in [2.24, 2.45) is 0 Å². The number of rotatable bonds is 8. The molecule has 0 aliphatic carbocycles. The minimum atomic E-state index is 0.819. The van der Waals surface area contributed by atoms with Gasteiger partial charge in [0.05, 0.1) is 14.2 Å². The van der Waals surface area contributed by atoms with Crippen molar-refractivity contribution < 1.29 is 9.47 Å². The molecule has 3 aromatic carbocycles. The zero-order chi connectivity index (χ0) is 18.9. The normalized spacial score (nSPS) is 10.7. The predicted molar refractivity (Wildman–Crippen MR) is 111 cm³/mol. The van der Waals surface area contributed by atoms with Gasteiger partial charge in [-0.05, 0) is 47.0 Å². The molecule has 138 valence electrons. The molecule has 0 aromatic heterocycles. The number of ether oxygens (including phenoxy) is 2. The van der Waals surface area contributed by atoms with E-state index in [1.807, 2.05) is 30.3 Å². The van der Waals surface area contributed by atoms with Crippen LogP contribution in [0.25, 0.3) is 6.08 Å². The Kier molecular flexibility index (Phi) is 6.53. The van der Waals surface area contributed by atoms with E-state index in [-0.39, 0.29) is 0 Å². The van der Waals surface area contributed by atoms with Gasteiger partial charge in [-0.3, -0.25) is 0 Å². The Morgan fingerprint density at radius 1 is 0.667 bits per heavy atom. The molecule has 0 saturated heterocycles. The van der Waals surface area contributed by atoms with E-state index >= 15 is 0 Å². The Balaban J connectivity index is 1.76. The van der Waals surface area contributed by atoms with Crippen LogP contribution in [0, 0.1) is 0 Å². The average molecular weight is 359 g/mol. The summed E-state index contributed by atoms with van der Waals surface area (Å²) in [6.45, 7) is 1.64. The Morgan fingerprint density at radius 3 is 1.59 bits per heavy atom. The van der Waals surface area contributed by atoms with Gasteiger partial charge in [0.1, 0.15) is 11.5 Å². The van der Waals surface area contributed by atoms with Crippen molar-refractivity contribution in [2.75, 3.05) is 14.2 Å². The van der Waals surface area contributed by atoms with Crippen LogP contribution < -0.4 is 9.47 Å². The Labute approximate surface area is 161 Å². The number of hydrogen-bond donors (Lipinski definition) is 0. The van der Waals surface area contributed by atoms with E-state index in [4.69, 9.17) is 9.47 Å². The molecule has 3 heteroatoms. The van der Waals surface area contributed by atoms with Gasteiger partial charge in [0.25, 0.3) is 0 Å². The molecule has 0 fully saturated rings. The van der Waals surface area contributed by atoms with Gasteiger partial charge in [0.2, 0.25) is 0 Å². The van der Waals surface area contributed by atoms with Gasteiger partial charge < -0.3 is 14.4 Å². The van der Waals surface area contributed by atoms with Crippen molar-refractivity contribution in [2.45, 2.75) is 13.1 Å². The molecular formula is C24H25NO2. The molecule has 3 aromatic rings. The molecule has 3 nitrogen and oxygen atoms in total. The molecule has 0 aliphatic rings. The first-order valence-corrected chi connectivity index (χ1v) is 9.00. The molecule has 0 aliphatic heterocycles. The third-order valence-electron chi connectivity index (χ3n) is 4.37. The first kappa shape index (κ1) is 18.6. The van der Waals surface area contributed by atoms with Gasteiger partial charge >= 0.3 is 0 Å². The molecule has 0 N–H and O–H groups in total. The second-order valence-corrected chi connectivity index (χ2v) is 6.33. The fourth-order valence-electron chi connectivity index (χ4n) is 2.85. The fraction of sp³-hybridized carbons (Fsp3) is 0.167. The second kappa shape index (κ2) is 9.48. The van der Waals surface area contributed by atoms with Gasteiger partial charge in [0, 0.05) is 19.3 Å². The molecule has 0 unspecified atom stereocenters. The van der Waals surface area contributed by atoms with Crippen LogP contribution in [0.4, 0.5) is 0 Å². The summed E-state index contributed by atoms with van der Waals surface area (Å²) in [5.74, 6) is 1.75. The first-order valence-electron chi connectivity index (χ1n) is 9.00. The lowest BCUT2D eigenvalue weighted by atomic mass is 10.1. The predicted octanol–water partition coefficient (Wildman–Crippen LogP) is 5.38. The lowest BCUT2D eigenvalue weighted by Crippen LogP contribution is -2.16. The third kappa shape index (κ3) is 5.65. The molecule has 0 atom stereocenters. The quantitative estimate of drug-likeness (QED) is 0.539. The Bertz CT molecular complexity index is 790. The Hall–Kier alpha value is -3.20. The summed E-state index contributed by atoms with van der Waals surface area (Å²) >= 11 is 0. The van der Waals surface area contributed by atoms with Gasteiger partial charge in [-0.1, -0.05) is 54.6 Å². The van der Waals surface area contributed by atoms with Crippen LogP contribution in [0.15, 0.2) is 85.1 Å². The molecule has 0 spiro atoms. The maximum atomic E-state index is 5.26. The minimum absolute atomic E-state index is 0.819. The summed E-state index contributed by atoms with van der Waals surface area (Å²) in [6, 6.07) is 26.8. The standard InChI is InChI=1S/C24H25NO2/c1-26-23-12-8-21(9-13-23)18-25(17-16-20-6-4-3-5-7-20)19-22-10-14-24(27-2)15-11-22/h3-17H,18-19H2,1-2H3. The topological polar surface area (TPSA) is 21.7 Å². The maximum absolute atomic E-state index is 5.26. The third-order valence-corrected chi connectivity index (χ3v) is 4.37. The van der Waals surface area contributed by atoms with Crippen LogP contribution in [-0.2, 0) is 13.1 Å². The van der Waals surface area contributed by atoms with Crippen LogP contribution in [0.1, 0.15) is 16.7 Å². The highest BCUT2D eigenvalue weighted by atomic mass is 16.5. The SMILES string of the molecule is COc1ccc(CN(C=Cc2ccccc2)Cc2ccc(OC)cc2)cc1. The van der Waals surface area contributed by atoms with E-state index in [2.05, 4.69) is 65.7 Å². The van der Waals surface area contributed by atoms with E-state index in [0.717, 1.165) is 24.6 Å². The van der Waals surface area contributed by atoms with E-state index in [1.54, 1.807) is 14.2 Å². The monoisotopic (exact) mass is 359 g/mol. The van der Waals surface area contributed by atoms with Crippen molar-refractivity contribution in [1.82, 2.24) is 4.90 Å². The average Bonchev–Trinajstić information content (AvgIpc) is 2.74. The first-order chi connectivity index (χ1) is 13.3. The number of hydrogen-bond acceptors (Lipinski definition) is 3. The molecule has 0 heterocycles. The molecular weight excluding hydrogens is 334 g/mol. The largest absolute Gasteiger partial charge is 0.497 e. The van der Waals surface area contributed by atoms with Crippen LogP contribution in [0.3, 0.4) is 0 Å². The van der Waals surface area contributed by atoms with Crippen LogP contribution in [0.5, 0.6) is 11.5 Å².